The van der Waals surface area contributed by atoms with E-state index in [1.165, 1.54) is 6.08 Å². The maximum absolute atomic E-state index is 11.9. The molecule has 0 bridgehead atoms. The fourth-order valence-electron chi connectivity index (χ4n) is 2.30. The SMILES string of the molecule is CCOc1ccccc1/C=C/C(=O)NCCCc1ccc(O)cc1. The minimum absolute atomic E-state index is 0.119. The molecule has 2 N–H and O–H groups in total. The van der Waals surface area contributed by atoms with Crippen molar-refractivity contribution in [1.82, 2.24) is 5.32 Å². The number of hydrogen-bond donors (Lipinski definition) is 2. The number of ether oxygens (including phenoxy) is 1. The van der Waals surface area contributed by atoms with Crippen LogP contribution in [0.1, 0.15) is 24.5 Å². The molecule has 0 spiro atoms. The molecule has 0 saturated heterocycles. The van der Waals surface area contributed by atoms with E-state index in [2.05, 4.69) is 5.32 Å². The van der Waals surface area contributed by atoms with Crippen molar-refractivity contribution in [3.63, 3.8) is 0 Å². The third-order valence-corrected chi connectivity index (χ3v) is 3.51. The maximum Gasteiger partial charge on any atom is 0.244 e. The Morgan fingerprint density at radius 2 is 1.92 bits per heavy atom. The molecule has 2 aromatic rings. The molecule has 4 heteroatoms. The number of carbonyl (C=O) groups is 1. The van der Waals surface area contributed by atoms with E-state index in [1.54, 1.807) is 18.2 Å². The molecule has 4 nitrogen and oxygen atoms in total. The topological polar surface area (TPSA) is 58.6 Å². The fourth-order valence-corrected chi connectivity index (χ4v) is 2.30. The molecule has 0 unspecified atom stereocenters. The molecule has 0 aliphatic rings. The smallest absolute Gasteiger partial charge is 0.244 e. The number of para-hydroxylation sites is 1. The van der Waals surface area contributed by atoms with Gasteiger partial charge in [-0.1, -0.05) is 30.3 Å². The molecule has 0 saturated carbocycles. The Bertz CT molecular complexity index is 678. The number of phenolic OH excluding ortho intramolecular Hbond substituents is 1. The summed E-state index contributed by atoms with van der Waals surface area (Å²) < 4.78 is 5.52. The minimum Gasteiger partial charge on any atom is -0.508 e. The van der Waals surface area contributed by atoms with E-state index in [1.807, 2.05) is 43.3 Å². The highest BCUT2D eigenvalue weighted by atomic mass is 16.5. The molecule has 2 rings (SSSR count). The highest BCUT2D eigenvalue weighted by molar-refractivity contribution is 5.92. The molecule has 0 aliphatic carbocycles. The molecule has 0 atom stereocenters. The van der Waals surface area contributed by atoms with E-state index in [0.29, 0.717) is 13.2 Å². The Kier molecular flexibility index (Phi) is 6.90. The molecule has 0 radical (unpaired) electrons. The second-order valence-corrected chi connectivity index (χ2v) is 5.37. The van der Waals surface area contributed by atoms with Gasteiger partial charge in [-0.05, 0) is 49.6 Å². The molecule has 24 heavy (non-hydrogen) atoms. The number of phenols is 1. The molecular formula is C20H23NO3. The summed E-state index contributed by atoms with van der Waals surface area (Å²) in [5.74, 6) is 0.924. The lowest BCUT2D eigenvalue weighted by Crippen LogP contribution is -2.22. The van der Waals surface area contributed by atoms with Gasteiger partial charge in [0.1, 0.15) is 11.5 Å². The van der Waals surface area contributed by atoms with E-state index in [4.69, 9.17) is 4.74 Å². The van der Waals surface area contributed by atoms with Crippen LogP contribution in [-0.4, -0.2) is 24.2 Å². The van der Waals surface area contributed by atoms with Crippen molar-refractivity contribution < 1.29 is 14.6 Å². The van der Waals surface area contributed by atoms with E-state index in [9.17, 15) is 9.90 Å². The molecular weight excluding hydrogens is 302 g/mol. The average Bonchev–Trinajstić information content (AvgIpc) is 2.60. The van der Waals surface area contributed by atoms with E-state index < -0.39 is 0 Å². The van der Waals surface area contributed by atoms with Crippen molar-refractivity contribution in [2.45, 2.75) is 19.8 Å². The van der Waals surface area contributed by atoms with Gasteiger partial charge in [0.15, 0.2) is 0 Å². The van der Waals surface area contributed by atoms with Crippen LogP contribution in [-0.2, 0) is 11.2 Å². The van der Waals surface area contributed by atoms with Crippen LogP contribution in [0.4, 0.5) is 0 Å². The van der Waals surface area contributed by atoms with Gasteiger partial charge in [0.25, 0.3) is 0 Å². The first-order chi connectivity index (χ1) is 11.7. The van der Waals surface area contributed by atoms with Crippen molar-refractivity contribution in [3.8, 4) is 11.5 Å². The summed E-state index contributed by atoms with van der Waals surface area (Å²) in [7, 11) is 0. The summed E-state index contributed by atoms with van der Waals surface area (Å²) in [6.07, 6.45) is 5.00. The number of aromatic hydroxyl groups is 1. The van der Waals surface area contributed by atoms with Crippen molar-refractivity contribution in [3.05, 3.63) is 65.7 Å². The molecule has 0 aromatic heterocycles. The first-order valence-electron chi connectivity index (χ1n) is 8.14. The summed E-state index contributed by atoms with van der Waals surface area (Å²) >= 11 is 0. The van der Waals surface area contributed by atoms with E-state index >= 15 is 0 Å². The van der Waals surface area contributed by atoms with Crippen LogP contribution in [0.2, 0.25) is 0 Å². The zero-order valence-electron chi connectivity index (χ0n) is 13.9. The zero-order valence-corrected chi connectivity index (χ0v) is 13.9. The molecule has 0 fully saturated rings. The van der Waals surface area contributed by atoms with Gasteiger partial charge >= 0.3 is 0 Å². The average molecular weight is 325 g/mol. The highest BCUT2D eigenvalue weighted by Crippen LogP contribution is 2.19. The van der Waals surface area contributed by atoms with Crippen molar-refractivity contribution in [2.24, 2.45) is 0 Å². The second-order valence-electron chi connectivity index (χ2n) is 5.37. The minimum atomic E-state index is -0.119. The Balaban J connectivity index is 1.76. The standard InChI is InChI=1S/C20H23NO3/c1-2-24-19-8-4-3-7-17(19)11-14-20(23)21-15-5-6-16-9-12-18(22)13-10-16/h3-4,7-14,22H,2,5-6,15H2,1H3,(H,21,23)/b14-11+. The Morgan fingerprint density at radius 3 is 2.67 bits per heavy atom. The van der Waals surface area contributed by atoms with Gasteiger partial charge in [-0.3, -0.25) is 4.79 Å². The molecule has 0 aliphatic heterocycles. The van der Waals surface area contributed by atoms with Crippen molar-refractivity contribution in [1.29, 1.82) is 0 Å². The Labute approximate surface area is 142 Å². The van der Waals surface area contributed by atoms with Gasteiger partial charge in [0.05, 0.1) is 6.61 Å². The molecule has 0 heterocycles. The Morgan fingerprint density at radius 1 is 1.17 bits per heavy atom. The van der Waals surface area contributed by atoms with Crippen molar-refractivity contribution >= 4 is 12.0 Å². The number of amides is 1. The monoisotopic (exact) mass is 325 g/mol. The zero-order chi connectivity index (χ0) is 17.2. The number of benzene rings is 2. The predicted octanol–water partition coefficient (Wildman–Crippen LogP) is 3.55. The number of rotatable bonds is 8. The number of aryl methyl sites for hydroxylation is 1. The summed E-state index contributed by atoms with van der Waals surface area (Å²) in [6, 6.07) is 14.8. The maximum atomic E-state index is 11.9. The molecule has 126 valence electrons. The highest BCUT2D eigenvalue weighted by Gasteiger charge is 2.00. The van der Waals surface area contributed by atoms with Gasteiger partial charge in [-0.15, -0.1) is 0 Å². The lowest BCUT2D eigenvalue weighted by molar-refractivity contribution is -0.116. The largest absolute Gasteiger partial charge is 0.508 e. The predicted molar refractivity (Wildman–Crippen MR) is 96.1 cm³/mol. The summed E-state index contributed by atoms with van der Waals surface area (Å²) in [5, 5.41) is 12.1. The van der Waals surface area contributed by atoms with Crippen LogP contribution < -0.4 is 10.1 Å². The molecule has 1 amide bonds. The lowest BCUT2D eigenvalue weighted by Gasteiger charge is -2.06. The van der Waals surface area contributed by atoms with Crippen LogP contribution in [0.3, 0.4) is 0 Å². The van der Waals surface area contributed by atoms with Crippen LogP contribution in [0.15, 0.2) is 54.6 Å². The number of carbonyl (C=O) groups excluding carboxylic acids is 1. The quantitative estimate of drug-likeness (QED) is 0.576. The van der Waals surface area contributed by atoms with Crippen LogP contribution in [0.5, 0.6) is 11.5 Å². The summed E-state index contributed by atoms with van der Waals surface area (Å²) in [4.78, 5) is 11.9. The first kappa shape index (κ1) is 17.6. The van der Waals surface area contributed by atoms with Gasteiger partial charge in [0.2, 0.25) is 5.91 Å². The van der Waals surface area contributed by atoms with Gasteiger partial charge in [-0.25, -0.2) is 0 Å². The fraction of sp³-hybridized carbons (Fsp3) is 0.250. The lowest BCUT2D eigenvalue weighted by atomic mass is 10.1. The van der Waals surface area contributed by atoms with Crippen LogP contribution in [0, 0.1) is 0 Å². The summed E-state index contributed by atoms with van der Waals surface area (Å²) in [5.41, 5.74) is 2.03. The van der Waals surface area contributed by atoms with Gasteiger partial charge < -0.3 is 15.2 Å². The third kappa shape index (κ3) is 5.80. The third-order valence-electron chi connectivity index (χ3n) is 3.51. The van der Waals surface area contributed by atoms with Gasteiger partial charge in [0, 0.05) is 18.2 Å². The normalized spacial score (nSPS) is 10.7. The summed E-state index contributed by atoms with van der Waals surface area (Å²) in [6.45, 7) is 3.13. The van der Waals surface area contributed by atoms with Gasteiger partial charge in [-0.2, -0.15) is 0 Å². The van der Waals surface area contributed by atoms with Crippen LogP contribution >= 0.6 is 0 Å². The van der Waals surface area contributed by atoms with Crippen LogP contribution in [0.25, 0.3) is 6.08 Å². The van der Waals surface area contributed by atoms with E-state index in [0.717, 1.165) is 29.7 Å². The number of hydrogen-bond acceptors (Lipinski definition) is 3. The number of nitrogens with one attached hydrogen (secondary N) is 1. The molecule has 2 aromatic carbocycles. The first-order valence-corrected chi connectivity index (χ1v) is 8.14. The second kappa shape index (κ2) is 9.40. The van der Waals surface area contributed by atoms with E-state index in [-0.39, 0.29) is 11.7 Å². The Hall–Kier alpha value is -2.75. The van der Waals surface area contributed by atoms with Crippen molar-refractivity contribution in [2.75, 3.05) is 13.2 Å².